The van der Waals surface area contributed by atoms with Gasteiger partial charge in [0.05, 0.1) is 4.90 Å². The highest BCUT2D eigenvalue weighted by Gasteiger charge is 2.24. The van der Waals surface area contributed by atoms with Gasteiger partial charge in [0.2, 0.25) is 10.0 Å². The summed E-state index contributed by atoms with van der Waals surface area (Å²) in [4.78, 5) is 0.339. The maximum atomic E-state index is 12.6. The van der Waals surface area contributed by atoms with Gasteiger partial charge in [-0.1, -0.05) is 25.1 Å². The van der Waals surface area contributed by atoms with Gasteiger partial charge in [-0.15, -0.1) is 6.58 Å². The fourth-order valence-electron chi connectivity index (χ4n) is 1.89. The molecular formula is C14H22N2O2S. The smallest absolute Gasteiger partial charge is 0.243 e. The highest BCUT2D eigenvalue weighted by atomic mass is 32.2. The number of hydrogen-bond donors (Lipinski definition) is 1. The van der Waals surface area contributed by atoms with E-state index in [0.29, 0.717) is 24.5 Å². The van der Waals surface area contributed by atoms with Gasteiger partial charge in [-0.2, -0.15) is 4.31 Å². The molecule has 5 heteroatoms. The summed E-state index contributed by atoms with van der Waals surface area (Å²) in [5.41, 5.74) is 7.14. The Labute approximate surface area is 116 Å². The molecule has 0 spiro atoms. The molecule has 0 heterocycles. The molecule has 1 aromatic carbocycles. The van der Waals surface area contributed by atoms with Gasteiger partial charge in [0.1, 0.15) is 0 Å². The average molecular weight is 282 g/mol. The second-order valence-electron chi connectivity index (χ2n) is 4.46. The summed E-state index contributed by atoms with van der Waals surface area (Å²) in [6.45, 7) is 8.51. The van der Waals surface area contributed by atoms with Gasteiger partial charge < -0.3 is 5.73 Å². The third-order valence-electron chi connectivity index (χ3n) is 2.91. The van der Waals surface area contributed by atoms with E-state index in [9.17, 15) is 8.42 Å². The molecule has 1 rings (SSSR count). The van der Waals surface area contributed by atoms with Crippen LogP contribution in [0.15, 0.2) is 35.7 Å². The first-order valence-electron chi connectivity index (χ1n) is 6.38. The van der Waals surface area contributed by atoms with E-state index in [4.69, 9.17) is 5.73 Å². The normalized spacial score (nSPS) is 11.8. The maximum Gasteiger partial charge on any atom is 0.243 e. The third-order valence-corrected chi connectivity index (χ3v) is 4.92. The Morgan fingerprint density at radius 3 is 2.63 bits per heavy atom. The summed E-state index contributed by atoms with van der Waals surface area (Å²) < 4.78 is 26.7. The van der Waals surface area contributed by atoms with Crippen LogP contribution in [0.25, 0.3) is 0 Å². The third kappa shape index (κ3) is 3.65. The van der Waals surface area contributed by atoms with E-state index >= 15 is 0 Å². The fourth-order valence-corrected chi connectivity index (χ4v) is 3.67. The number of nitrogens with two attached hydrogens (primary N) is 1. The van der Waals surface area contributed by atoms with Crippen LogP contribution in [0.4, 0.5) is 0 Å². The lowest BCUT2D eigenvalue weighted by molar-refractivity contribution is 0.441. The fraction of sp³-hybridized carbons (Fsp3) is 0.429. The molecule has 0 saturated heterocycles. The average Bonchev–Trinajstić information content (AvgIpc) is 2.39. The Morgan fingerprint density at radius 1 is 1.42 bits per heavy atom. The van der Waals surface area contributed by atoms with Gasteiger partial charge in [-0.25, -0.2) is 8.42 Å². The van der Waals surface area contributed by atoms with Crippen molar-refractivity contribution in [1.29, 1.82) is 0 Å². The largest absolute Gasteiger partial charge is 0.326 e. The first kappa shape index (κ1) is 15.9. The molecule has 0 radical (unpaired) electrons. The lowest BCUT2D eigenvalue weighted by Crippen LogP contribution is -2.32. The van der Waals surface area contributed by atoms with E-state index < -0.39 is 10.0 Å². The van der Waals surface area contributed by atoms with Crippen LogP contribution >= 0.6 is 0 Å². The van der Waals surface area contributed by atoms with E-state index in [2.05, 4.69) is 6.58 Å². The lowest BCUT2D eigenvalue weighted by atomic mass is 10.1. The quantitative estimate of drug-likeness (QED) is 0.778. The molecule has 106 valence electrons. The van der Waals surface area contributed by atoms with Crippen molar-refractivity contribution in [1.82, 2.24) is 4.31 Å². The van der Waals surface area contributed by atoms with Crippen molar-refractivity contribution >= 4 is 10.0 Å². The van der Waals surface area contributed by atoms with Crippen LogP contribution in [-0.2, 0) is 16.6 Å². The standard InChI is InChI=1S/C14H22N2O2S/c1-4-8-16(9-5-2)19(17,18)14-10-13(11-15)7-6-12(14)3/h4,6-7,10H,1,5,8-9,11,15H2,2-3H3. The van der Waals surface area contributed by atoms with Gasteiger partial charge in [0.15, 0.2) is 0 Å². The van der Waals surface area contributed by atoms with Gasteiger partial charge in [-0.3, -0.25) is 0 Å². The van der Waals surface area contributed by atoms with E-state index in [1.807, 2.05) is 13.0 Å². The molecule has 0 unspecified atom stereocenters. The molecule has 0 atom stereocenters. The molecule has 19 heavy (non-hydrogen) atoms. The summed E-state index contributed by atoms with van der Waals surface area (Å²) >= 11 is 0. The van der Waals surface area contributed by atoms with E-state index in [0.717, 1.165) is 17.5 Å². The highest BCUT2D eigenvalue weighted by molar-refractivity contribution is 7.89. The highest BCUT2D eigenvalue weighted by Crippen LogP contribution is 2.21. The minimum Gasteiger partial charge on any atom is -0.326 e. The molecule has 0 bridgehead atoms. The SMILES string of the molecule is C=CCN(CCC)S(=O)(=O)c1cc(CN)ccc1C. The van der Waals surface area contributed by atoms with E-state index in [1.54, 1.807) is 25.1 Å². The number of nitrogens with zero attached hydrogens (tertiary/aromatic N) is 1. The Kier molecular flexibility index (Phi) is 5.72. The van der Waals surface area contributed by atoms with Crippen molar-refractivity contribution in [2.75, 3.05) is 13.1 Å². The van der Waals surface area contributed by atoms with Crippen molar-refractivity contribution in [3.8, 4) is 0 Å². The lowest BCUT2D eigenvalue weighted by Gasteiger charge is -2.21. The van der Waals surface area contributed by atoms with Gasteiger partial charge >= 0.3 is 0 Å². The van der Waals surface area contributed by atoms with Crippen LogP contribution in [0.2, 0.25) is 0 Å². The van der Waals surface area contributed by atoms with Crippen LogP contribution in [-0.4, -0.2) is 25.8 Å². The van der Waals surface area contributed by atoms with E-state index in [1.165, 1.54) is 4.31 Å². The van der Waals surface area contributed by atoms with Crippen molar-refractivity contribution in [2.45, 2.75) is 31.7 Å². The topological polar surface area (TPSA) is 63.4 Å². The summed E-state index contributed by atoms with van der Waals surface area (Å²) in [6.07, 6.45) is 2.37. The number of sulfonamides is 1. The van der Waals surface area contributed by atoms with Crippen LogP contribution in [0.1, 0.15) is 24.5 Å². The Balaban J connectivity index is 3.27. The second-order valence-corrected chi connectivity index (χ2v) is 6.36. The zero-order chi connectivity index (χ0) is 14.5. The first-order chi connectivity index (χ1) is 8.97. The monoisotopic (exact) mass is 282 g/mol. The van der Waals surface area contributed by atoms with Crippen LogP contribution in [0, 0.1) is 6.92 Å². The molecule has 0 amide bonds. The number of rotatable bonds is 7. The molecule has 2 N–H and O–H groups in total. The molecule has 0 aliphatic carbocycles. The Morgan fingerprint density at radius 2 is 2.11 bits per heavy atom. The number of aryl methyl sites for hydroxylation is 1. The molecule has 0 aromatic heterocycles. The molecular weight excluding hydrogens is 260 g/mol. The van der Waals surface area contributed by atoms with Crippen molar-refractivity contribution < 1.29 is 8.42 Å². The molecule has 4 nitrogen and oxygen atoms in total. The number of benzene rings is 1. The molecule has 0 aliphatic heterocycles. The predicted octanol–water partition coefficient (Wildman–Crippen LogP) is 2.04. The zero-order valence-corrected chi connectivity index (χ0v) is 12.4. The first-order valence-corrected chi connectivity index (χ1v) is 7.82. The Hall–Kier alpha value is -1.17. The minimum atomic E-state index is -3.48. The van der Waals surface area contributed by atoms with Gasteiger partial charge in [0, 0.05) is 19.6 Å². The predicted molar refractivity (Wildman–Crippen MR) is 78.3 cm³/mol. The number of hydrogen-bond acceptors (Lipinski definition) is 3. The van der Waals surface area contributed by atoms with Gasteiger partial charge in [-0.05, 0) is 30.5 Å². The zero-order valence-electron chi connectivity index (χ0n) is 11.6. The van der Waals surface area contributed by atoms with E-state index in [-0.39, 0.29) is 0 Å². The second kappa shape index (κ2) is 6.84. The van der Waals surface area contributed by atoms with Crippen molar-refractivity contribution in [2.24, 2.45) is 5.73 Å². The van der Waals surface area contributed by atoms with Crippen LogP contribution in [0.5, 0.6) is 0 Å². The summed E-state index contributed by atoms with van der Waals surface area (Å²) in [6, 6.07) is 5.32. The summed E-state index contributed by atoms with van der Waals surface area (Å²) in [7, 11) is -3.48. The summed E-state index contributed by atoms with van der Waals surface area (Å²) in [5.74, 6) is 0. The molecule has 0 fully saturated rings. The Bertz CT molecular complexity index is 538. The minimum absolute atomic E-state index is 0.322. The van der Waals surface area contributed by atoms with Gasteiger partial charge in [0.25, 0.3) is 0 Å². The van der Waals surface area contributed by atoms with Crippen LogP contribution in [0.3, 0.4) is 0 Å². The van der Waals surface area contributed by atoms with Crippen molar-refractivity contribution in [3.05, 3.63) is 42.0 Å². The summed E-state index contributed by atoms with van der Waals surface area (Å²) in [5, 5.41) is 0. The maximum absolute atomic E-state index is 12.6. The molecule has 0 saturated carbocycles. The molecule has 1 aromatic rings. The van der Waals surface area contributed by atoms with Crippen molar-refractivity contribution in [3.63, 3.8) is 0 Å². The van der Waals surface area contributed by atoms with Crippen LogP contribution < -0.4 is 5.73 Å². The molecule has 0 aliphatic rings.